The van der Waals surface area contributed by atoms with Crippen LogP contribution in [0.15, 0.2) is 48.5 Å². The molecule has 2 aromatic rings. The Kier molecular flexibility index (Phi) is 3.97. The van der Waals surface area contributed by atoms with Crippen molar-refractivity contribution in [3.8, 4) is 5.75 Å². The number of ether oxygens (including phenoxy) is 1. The third kappa shape index (κ3) is 3.20. The first-order valence-electron chi connectivity index (χ1n) is 5.65. The molecule has 0 aliphatic rings. The molecule has 0 spiro atoms. The van der Waals surface area contributed by atoms with E-state index < -0.39 is 11.2 Å². The fourth-order valence-electron chi connectivity index (χ4n) is 1.57. The molecule has 0 fully saturated rings. The lowest BCUT2D eigenvalue weighted by molar-refractivity contribution is 0.0732. The second kappa shape index (κ2) is 5.67. The van der Waals surface area contributed by atoms with Crippen molar-refractivity contribution >= 4 is 22.8 Å². The molecule has 0 heterocycles. The molecule has 0 aromatic heterocycles. The van der Waals surface area contributed by atoms with Gasteiger partial charge in [0.1, 0.15) is 5.75 Å². The second-order valence-electron chi connectivity index (χ2n) is 4.01. The third-order valence-electron chi connectivity index (χ3n) is 2.63. The number of carbonyl (C=O) groups is 2. The van der Waals surface area contributed by atoms with Crippen LogP contribution in [0.25, 0.3) is 0 Å². The molecule has 0 unspecified atom stereocenters. The van der Waals surface area contributed by atoms with E-state index in [1.165, 1.54) is 6.07 Å². The maximum absolute atomic E-state index is 11.9. The van der Waals surface area contributed by atoms with Crippen LogP contribution in [-0.4, -0.2) is 11.2 Å². The molecule has 19 heavy (non-hydrogen) atoms. The van der Waals surface area contributed by atoms with E-state index in [4.69, 9.17) is 16.3 Å². The van der Waals surface area contributed by atoms with Gasteiger partial charge < -0.3 is 4.74 Å². The molecular weight excluding hydrogens is 264 g/mol. The smallest absolute Gasteiger partial charge is 0.343 e. The molecule has 2 rings (SSSR count). The average molecular weight is 275 g/mol. The van der Waals surface area contributed by atoms with Gasteiger partial charge in [0.15, 0.2) is 0 Å². The van der Waals surface area contributed by atoms with Gasteiger partial charge >= 0.3 is 5.97 Å². The number of hydrogen-bond donors (Lipinski definition) is 0. The van der Waals surface area contributed by atoms with Crippen LogP contribution in [0.2, 0.25) is 0 Å². The van der Waals surface area contributed by atoms with Gasteiger partial charge in [-0.3, -0.25) is 4.79 Å². The van der Waals surface area contributed by atoms with E-state index in [0.717, 1.165) is 5.56 Å². The summed E-state index contributed by atoms with van der Waals surface area (Å²) in [5.41, 5.74) is 1.50. The topological polar surface area (TPSA) is 43.4 Å². The minimum absolute atomic E-state index is 0.295. The molecule has 0 amide bonds. The summed E-state index contributed by atoms with van der Waals surface area (Å²) in [6.45, 7) is 1.79. The van der Waals surface area contributed by atoms with Crippen molar-refractivity contribution in [1.29, 1.82) is 0 Å². The molecule has 0 saturated heterocycles. The first kappa shape index (κ1) is 13.3. The molecule has 0 bridgehead atoms. The van der Waals surface area contributed by atoms with E-state index in [1.807, 2.05) is 6.07 Å². The van der Waals surface area contributed by atoms with E-state index in [9.17, 15) is 9.59 Å². The quantitative estimate of drug-likeness (QED) is 0.488. The molecule has 96 valence electrons. The highest BCUT2D eigenvalue weighted by atomic mass is 35.5. The highest BCUT2D eigenvalue weighted by Gasteiger charge is 2.12. The van der Waals surface area contributed by atoms with Crippen LogP contribution in [0, 0.1) is 6.92 Å². The predicted molar refractivity (Wildman–Crippen MR) is 72.8 cm³/mol. The highest BCUT2D eigenvalue weighted by molar-refractivity contribution is 6.67. The van der Waals surface area contributed by atoms with E-state index in [1.54, 1.807) is 43.3 Å². The molecule has 2 aromatic carbocycles. The SMILES string of the molecule is Cc1ccc(C(=O)Cl)cc1OC(=O)c1ccccc1. The zero-order valence-electron chi connectivity index (χ0n) is 10.2. The second-order valence-corrected chi connectivity index (χ2v) is 4.35. The number of aryl methyl sites for hydroxylation is 1. The van der Waals surface area contributed by atoms with Gasteiger partial charge in [-0.25, -0.2) is 4.79 Å². The van der Waals surface area contributed by atoms with E-state index in [-0.39, 0.29) is 0 Å². The Morgan fingerprint density at radius 2 is 1.68 bits per heavy atom. The molecule has 0 saturated carbocycles. The monoisotopic (exact) mass is 274 g/mol. The van der Waals surface area contributed by atoms with E-state index in [2.05, 4.69) is 0 Å². The molecule has 0 N–H and O–H groups in total. The zero-order valence-corrected chi connectivity index (χ0v) is 11.0. The number of esters is 1. The fourth-order valence-corrected chi connectivity index (χ4v) is 1.68. The van der Waals surface area contributed by atoms with Gasteiger partial charge in [-0.1, -0.05) is 24.3 Å². The van der Waals surface area contributed by atoms with Crippen molar-refractivity contribution < 1.29 is 14.3 Å². The Morgan fingerprint density at radius 3 is 2.32 bits per heavy atom. The standard InChI is InChI=1S/C15H11ClO3/c1-10-7-8-12(14(16)17)9-13(10)19-15(18)11-5-3-2-4-6-11/h2-9H,1H3. The zero-order chi connectivity index (χ0) is 13.8. The van der Waals surface area contributed by atoms with Gasteiger partial charge in [0, 0.05) is 5.56 Å². The van der Waals surface area contributed by atoms with Crippen LogP contribution < -0.4 is 4.74 Å². The number of rotatable bonds is 3. The van der Waals surface area contributed by atoms with Gasteiger partial charge in [-0.15, -0.1) is 0 Å². The molecule has 0 atom stereocenters. The molecule has 0 aliphatic heterocycles. The number of halogens is 1. The van der Waals surface area contributed by atoms with Crippen molar-refractivity contribution in [3.05, 3.63) is 65.2 Å². The normalized spacial score (nSPS) is 10.0. The Labute approximate surface area is 115 Å². The van der Waals surface area contributed by atoms with E-state index in [0.29, 0.717) is 16.9 Å². The lowest BCUT2D eigenvalue weighted by Crippen LogP contribution is -2.09. The van der Waals surface area contributed by atoms with Crippen LogP contribution in [-0.2, 0) is 0 Å². The Hall–Kier alpha value is -2.13. The summed E-state index contributed by atoms with van der Waals surface area (Å²) in [6.07, 6.45) is 0. The molecular formula is C15H11ClO3. The summed E-state index contributed by atoms with van der Waals surface area (Å²) < 4.78 is 5.27. The average Bonchev–Trinajstić information content (AvgIpc) is 2.42. The summed E-state index contributed by atoms with van der Waals surface area (Å²) in [4.78, 5) is 23.0. The van der Waals surface area contributed by atoms with Crippen molar-refractivity contribution in [1.82, 2.24) is 0 Å². The van der Waals surface area contributed by atoms with Gasteiger partial charge in [-0.2, -0.15) is 0 Å². The predicted octanol–water partition coefficient (Wildman–Crippen LogP) is 3.59. The van der Waals surface area contributed by atoms with E-state index >= 15 is 0 Å². The van der Waals surface area contributed by atoms with Crippen LogP contribution in [0.1, 0.15) is 26.3 Å². The minimum Gasteiger partial charge on any atom is -0.423 e. The first-order valence-corrected chi connectivity index (χ1v) is 6.03. The number of carbonyl (C=O) groups excluding carboxylic acids is 2. The Balaban J connectivity index is 2.26. The largest absolute Gasteiger partial charge is 0.423 e. The van der Waals surface area contributed by atoms with Gasteiger partial charge in [0.25, 0.3) is 5.24 Å². The van der Waals surface area contributed by atoms with Crippen LogP contribution in [0.4, 0.5) is 0 Å². The molecule has 4 heteroatoms. The highest BCUT2D eigenvalue weighted by Crippen LogP contribution is 2.21. The van der Waals surface area contributed by atoms with Crippen molar-refractivity contribution in [2.45, 2.75) is 6.92 Å². The van der Waals surface area contributed by atoms with Crippen LogP contribution in [0.5, 0.6) is 5.75 Å². The first-order chi connectivity index (χ1) is 9.08. The third-order valence-corrected chi connectivity index (χ3v) is 2.85. The van der Waals surface area contributed by atoms with Gasteiger partial charge in [-0.05, 0) is 48.4 Å². The van der Waals surface area contributed by atoms with Gasteiger partial charge in [0.2, 0.25) is 0 Å². The maximum atomic E-state index is 11.9. The maximum Gasteiger partial charge on any atom is 0.343 e. The minimum atomic E-state index is -0.586. The lowest BCUT2D eigenvalue weighted by atomic mass is 10.1. The summed E-state index contributed by atoms with van der Waals surface area (Å²) in [5, 5.41) is -0.586. The molecule has 0 radical (unpaired) electrons. The van der Waals surface area contributed by atoms with Crippen molar-refractivity contribution in [3.63, 3.8) is 0 Å². The summed E-state index contributed by atoms with van der Waals surface area (Å²) in [7, 11) is 0. The molecule has 0 aliphatic carbocycles. The summed E-state index contributed by atoms with van der Waals surface area (Å²) >= 11 is 5.40. The summed E-state index contributed by atoms with van der Waals surface area (Å²) in [6, 6.07) is 13.4. The lowest BCUT2D eigenvalue weighted by Gasteiger charge is -2.08. The summed E-state index contributed by atoms with van der Waals surface area (Å²) in [5.74, 6) is -0.136. The number of hydrogen-bond acceptors (Lipinski definition) is 3. The van der Waals surface area contributed by atoms with Crippen molar-refractivity contribution in [2.24, 2.45) is 0 Å². The fraction of sp³-hybridized carbons (Fsp3) is 0.0667. The van der Waals surface area contributed by atoms with Gasteiger partial charge in [0.05, 0.1) is 5.56 Å². The van der Waals surface area contributed by atoms with Crippen LogP contribution in [0.3, 0.4) is 0 Å². The number of benzene rings is 2. The molecule has 3 nitrogen and oxygen atoms in total. The Morgan fingerprint density at radius 1 is 1.00 bits per heavy atom. The van der Waals surface area contributed by atoms with Crippen molar-refractivity contribution in [2.75, 3.05) is 0 Å². The van der Waals surface area contributed by atoms with Crippen LogP contribution >= 0.6 is 11.6 Å². The Bertz CT molecular complexity index is 621.